The lowest BCUT2D eigenvalue weighted by Crippen LogP contribution is -2.25. The highest BCUT2D eigenvalue weighted by atomic mass is 35.5. The molecule has 82 valence electrons. The van der Waals surface area contributed by atoms with Crippen molar-refractivity contribution in [1.29, 1.82) is 0 Å². The lowest BCUT2D eigenvalue weighted by molar-refractivity contribution is -0.139. The van der Waals surface area contributed by atoms with Gasteiger partial charge in [-0.15, -0.1) is 0 Å². The van der Waals surface area contributed by atoms with Gasteiger partial charge in [-0.25, -0.2) is 0 Å². The Morgan fingerprint density at radius 3 is 3.00 bits per heavy atom. The highest BCUT2D eigenvalue weighted by Gasteiger charge is 2.47. The van der Waals surface area contributed by atoms with Crippen LogP contribution in [0.15, 0.2) is 29.4 Å². The number of fused-ring (bicyclic) bond motifs is 1. The SMILES string of the molecule is O=C1OC[C@H]2ON=C(c3ccccc3Cl)[C@@H]12. The Morgan fingerprint density at radius 1 is 1.38 bits per heavy atom. The minimum Gasteiger partial charge on any atom is -0.461 e. The first-order valence-corrected chi connectivity index (χ1v) is 5.30. The van der Waals surface area contributed by atoms with Crippen molar-refractivity contribution in [3.63, 3.8) is 0 Å². The summed E-state index contributed by atoms with van der Waals surface area (Å²) in [6.07, 6.45) is -0.293. The first-order chi connectivity index (χ1) is 7.77. The number of hydrogen-bond donors (Lipinski definition) is 0. The molecule has 4 nitrogen and oxygen atoms in total. The van der Waals surface area contributed by atoms with Crippen LogP contribution in [0.25, 0.3) is 0 Å². The quantitative estimate of drug-likeness (QED) is 0.698. The van der Waals surface area contributed by atoms with Crippen molar-refractivity contribution in [3.8, 4) is 0 Å². The maximum absolute atomic E-state index is 11.5. The fraction of sp³-hybridized carbons (Fsp3) is 0.273. The van der Waals surface area contributed by atoms with Gasteiger partial charge >= 0.3 is 5.97 Å². The first kappa shape index (κ1) is 9.66. The van der Waals surface area contributed by atoms with Crippen LogP contribution in [0.3, 0.4) is 0 Å². The van der Waals surface area contributed by atoms with E-state index in [2.05, 4.69) is 5.16 Å². The molecular formula is C11H8ClNO3. The van der Waals surface area contributed by atoms with E-state index in [0.717, 1.165) is 5.56 Å². The molecule has 1 aromatic carbocycles. The molecule has 3 rings (SSSR count). The Balaban J connectivity index is 2.03. The number of benzene rings is 1. The van der Waals surface area contributed by atoms with Crippen LogP contribution in [-0.2, 0) is 14.4 Å². The summed E-state index contributed by atoms with van der Waals surface area (Å²) in [5.74, 6) is -0.721. The molecule has 0 bridgehead atoms. The first-order valence-electron chi connectivity index (χ1n) is 4.92. The molecule has 16 heavy (non-hydrogen) atoms. The van der Waals surface area contributed by atoms with Crippen LogP contribution in [0.4, 0.5) is 0 Å². The van der Waals surface area contributed by atoms with Crippen molar-refractivity contribution in [2.45, 2.75) is 6.10 Å². The molecule has 0 spiro atoms. The average Bonchev–Trinajstić information content (AvgIpc) is 2.83. The molecule has 1 aromatic rings. The summed E-state index contributed by atoms with van der Waals surface area (Å²) < 4.78 is 4.92. The predicted molar refractivity (Wildman–Crippen MR) is 57.3 cm³/mol. The number of ether oxygens (including phenoxy) is 1. The van der Waals surface area contributed by atoms with Crippen LogP contribution in [0.5, 0.6) is 0 Å². The Bertz CT molecular complexity index is 486. The molecule has 2 aliphatic heterocycles. The van der Waals surface area contributed by atoms with Gasteiger partial charge < -0.3 is 9.57 Å². The summed E-state index contributed by atoms with van der Waals surface area (Å²) in [6, 6.07) is 7.25. The van der Waals surface area contributed by atoms with Gasteiger partial charge in [0.2, 0.25) is 0 Å². The third-order valence-electron chi connectivity index (χ3n) is 2.75. The number of cyclic esters (lactones) is 1. The van der Waals surface area contributed by atoms with E-state index in [1.807, 2.05) is 18.2 Å². The molecule has 5 heteroatoms. The second-order valence-corrected chi connectivity index (χ2v) is 4.12. The van der Waals surface area contributed by atoms with Gasteiger partial charge in [0, 0.05) is 10.6 Å². The fourth-order valence-corrected chi connectivity index (χ4v) is 2.18. The molecule has 0 saturated carbocycles. The normalized spacial score (nSPS) is 27.1. The van der Waals surface area contributed by atoms with Crippen LogP contribution in [0.1, 0.15) is 5.56 Å². The van der Waals surface area contributed by atoms with Gasteiger partial charge in [0.15, 0.2) is 6.10 Å². The molecule has 0 amide bonds. The van der Waals surface area contributed by atoms with Gasteiger partial charge in [-0.3, -0.25) is 4.79 Å². The van der Waals surface area contributed by atoms with Crippen LogP contribution in [-0.4, -0.2) is 24.4 Å². The predicted octanol–water partition coefficient (Wildman–Crippen LogP) is 1.62. The van der Waals surface area contributed by atoms with E-state index in [0.29, 0.717) is 10.7 Å². The van der Waals surface area contributed by atoms with Crippen molar-refractivity contribution in [3.05, 3.63) is 34.9 Å². The van der Waals surface area contributed by atoms with E-state index < -0.39 is 5.92 Å². The van der Waals surface area contributed by atoms with Crippen LogP contribution >= 0.6 is 11.6 Å². The zero-order valence-corrected chi connectivity index (χ0v) is 8.98. The Hall–Kier alpha value is -1.55. The Kier molecular flexibility index (Phi) is 2.11. The summed E-state index contributed by atoms with van der Waals surface area (Å²) in [7, 11) is 0. The maximum Gasteiger partial charge on any atom is 0.319 e. The third-order valence-corrected chi connectivity index (χ3v) is 3.08. The summed E-state index contributed by atoms with van der Waals surface area (Å²) >= 11 is 6.05. The van der Waals surface area contributed by atoms with E-state index in [-0.39, 0.29) is 18.7 Å². The molecule has 0 unspecified atom stereocenters. The van der Waals surface area contributed by atoms with Gasteiger partial charge in [0.25, 0.3) is 0 Å². The monoisotopic (exact) mass is 237 g/mol. The number of hydrogen-bond acceptors (Lipinski definition) is 4. The number of nitrogens with zero attached hydrogens (tertiary/aromatic N) is 1. The highest BCUT2D eigenvalue weighted by molar-refractivity contribution is 6.35. The van der Waals surface area contributed by atoms with Gasteiger partial charge in [-0.1, -0.05) is 35.0 Å². The fourth-order valence-electron chi connectivity index (χ4n) is 1.95. The van der Waals surface area contributed by atoms with E-state index in [9.17, 15) is 4.79 Å². The number of rotatable bonds is 1. The highest BCUT2D eigenvalue weighted by Crippen LogP contribution is 2.31. The minimum atomic E-state index is -0.431. The molecular weight excluding hydrogens is 230 g/mol. The molecule has 2 heterocycles. The molecule has 2 aliphatic rings. The Morgan fingerprint density at radius 2 is 2.19 bits per heavy atom. The second-order valence-electron chi connectivity index (χ2n) is 3.71. The van der Waals surface area contributed by atoms with E-state index >= 15 is 0 Å². The van der Waals surface area contributed by atoms with Crippen molar-refractivity contribution < 1.29 is 14.4 Å². The van der Waals surface area contributed by atoms with Gasteiger partial charge in [-0.05, 0) is 6.07 Å². The number of carbonyl (C=O) groups is 1. The molecule has 1 saturated heterocycles. The lowest BCUT2D eigenvalue weighted by atomic mass is 9.94. The number of oxime groups is 1. The largest absolute Gasteiger partial charge is 0.461 e. The topological polar surface area (TPSA) is 47.9 Å². The lowest BCUT2D eigenvalue weighted by Gasteiger charge is -2.06. The molecule has 0 radical (unpaired) electrons. The van der Waals surface area contributed by atoms with E-state index in [4.69, 9.17) is 21.2 Å². The van der Waals surface area contributed by atoms with Crippen molar-refractivity contribution in [1.82, 2.24) is 0 Å². The molecule has 1 fully saturated rings. The zero-order chi connectivity index (χ0) is 11.1. The van der Waals surface area contributed by atoms with Crippen molar-refractivity contribution in [2.24, 2.45) is 11.1 Å². The van der Waals surface area contributed by atoms with Crippen molar-refractivity contribution in [2.75, 3.05) is 6.61 Å². The second kappa shape index (κ2) is 3.49. The van der Waals surface area contributed by atoms with Crippen LogP contribution in [0.2, 0.25) is 5.02 Å². The van der Waals surface area contributed by atoms with Crippen LogP contribution < -0.4 is 0 Å². The number of esters is 1. The average molecular weight is 238 g/mol. The molecule has 0 aliphatic carbocycles. The summed E-state index contributed by atoms with van der Waals surface area (Å²) in [6.45, 7) is 0.265. The molecule has 0 aromatic heterocycles. The van der Waals surface area contributed by atoms with E-state index in [1.54, 1.807) is 6.07 Å². The zero-order valence-electron chi connectivity index (χ0n) is 8.22. The smallest absolute Gasteiger partial charge is 0.319 e. The number of halogens is 1. The molecule has 2 atom stereocenters. The molecule has 0 N–H and O–H groups in total. The standard InChI is InChI=1S/C11H8ClNO3/c12-7-4-2-1-3-6(7)10-9-8(16-13-10)5-15-11(9)14/h1-4,8-9H,5H2/t8-,9+/m1/s1. The summed E-state index contributed by atoms with van der Waals surface area (Å²) in [5, 5.41) is 4.49. The number of carbonyl (C=O) groups excluding carboxylic acids is 1. The van der Waals surface area contributed by atoms with E-state index in [1.165, 1.54) is 0 Å². The van der Waals surface area contributed by atoms with Gasteiger partial charge in [0.1, 0.15) is 18.2 Å². The summed E-state index contributed by atoms with van der Waals surface area (Å²) in [4.78, 5) is 16.7. The minimum absolute atomic E-state index is 0.265. The van der Waals surface area contributed by atoms with Gasteiger partial charge in [0.05, 0.1) is 0 Å². The van der Waals surface area contributed by atoms with Crippen molar-refractivity contribution >= 4 is 23.3 Å². The third kappa shape index (κ3) is 1.30. The maximum atomic E-state index is 11.5. The van der Waals surface area contributed by atoms with Crippen LogP contribution in [0, 0.1) is 5.92 Å². The Labute approximate surface area is 96.8 Å². The summed E-state index contributed by atoms with van der Waals surface area (Å²) in [5.41, 5.74) is 1.30. The van der Waals surface area contributed by atoms with Gasteiger partial charge in [-0.2, -0.15) is 0 Å².